The summed E-state index contributed by atoms with van der Waals surface area (Å²) in [6, 6.07) is 14.5. The molecule has 1 unspecified atom stereocenters. The predicted molar refractivity (Wildman–Crippen MR) is 112 cm³/mol. The molecule has 1 fully saturated rings. The maximum Gasteiger partial charge on any atom is 0.339 e. The van der Waals surface area contributed by atoms with Crippen LogP contribution in [0.5, 0.6) is 0 Å². The van der Waals surface area contributed by atoms with Gasteiger partial charge in [0.25, 0.3) is 5.91 Å². The lowest BCUT2D eigenvalue weighted by Crippen LogP contribution is -2.35. The molecule has 1 atom stereocenters. The predicted octanol–water partition coefficient (Wildman–Crippen LogP) is 2.85. The molecule has 1 saturated heterocycles. The zero-order chi connectivity index (χ0) is 21.7. The molecule has 0 bridgehead atoms. The third kappa shape index (κ3) is 4.88. The number of amides is 1. The number of ether oxygens (including phenoxy) is 1. The smallest absolute Gasteiger partial charge is 0.339 e. The Hall–Kier alpha value is -2.71. The number of carbonyl (C=O) groups excluding carboxylic acids is 2. The Balaban J connectivity index is 1.85. The second-order valence-corrected chi connectivity index (χ2v) is 9.36. The number of hydrogen-bond donors (Lipinski definition) is 0. The Morgan fingerprint density at radius 1 is 0.967 bits per heavy atom. The van der Waals surface area contributed by atoms with Gasteiger partial charge >= 0.3 is 5.97 Å². The van der Waals surface area contributed by atoms with Crippen LogP contribution in [0.25, 0.3) is 0 Å². The van der Waals surface area contributed by atoms with Gasteiger partial charge in [0.1, 0.15) is 0 Å². The van der Waals surface area contributed by atoms with Crippen molar-refractivity contribution in [1.82, 2.24) is 9.21 Å². The highest BCUT2D eigenvalue weighted by atomic mass is 32.2. The van der Waals surface area contributed by atoms with Crippen molar-refractivity contribution >= 4 is 21.9 Å². The topological polar surface area (TPSA) is 84.0 Å². The van der Waals surface area contributed by atoms with Crippen LogP contribution < -0.4 is 0 Å². The molecule has 2 aromatic rings. The summed E-state index contributed by atoms with van der Waals surface area (Å²) < 4.78 is 32.8. The highest BCUT2D eigenvalue weighted by Crippen LogP contribution is 2.24. The van der Waals surface area contributed by atoms with Gasteiger partial charge in [0, 0.05) is 32.7 Å². The van der Waals surface area contributed by atoms with E-state index in [1.54, 1.807) is 44.4 Å². The number of carbonyl (C=O) groups is 2. The molecule has 160 valence electrons. The Bertz CT molecular complexity index is 999. The van der Waals surface area contributed by atoms with Crippen molar-refractivity contribution in [3.8, 4) is 0 Å². The largest absolute Gasteiger partial charge is 0.444 e. The van der Waals surface area contributed by atoms with Crippen LogP contribution >= 0.6 is 0 Å². The minimum absolute atomic E-state index is 0.0500. The fourth-order valence-corrected chi connectivity index (χ4v) is 4.90. The van der Waals surface area contributed by atoms with Crippen LogP contribution in [0.1, 0.15) is 41.3 Å². The number of sulfonamides is 1. The first-order chi connectivity index (χ1) is 14.3. The summed E-state index contributed by atoms with van der Waals surface area (Å²) in [5.41, 5.74) is 0.627. The SMILES string of the molecule is CN(C)C(=O)C(OC(=O)c1cccc(S(=O)(=O)N2CCCCC2)c1)c1ccccc1. The first kappa shape index (κ1) is 22.0. The zero-order valence-electron chi connectivity index (χ0n) is 17.2. The molecule has 0 radical (unpaired) electrons. The van der Waals surface area contributed by atoms with Crippen LogP contribution in [0.3, 0.4) is 0 Å². The van der Waals surface area contributed by atoms with E-state index < -0.39 is 22.1 Å². The highest BCUT2D eigenvalue weighted by Gasteiger charge is 2.29. The standard InChI is InChI=1S/C22H26N2O5S/c1-23(2)21(25)20(17-10-5-3-6-11-17)29-22(26)18-12-9-13-19(16-18)30(27,28)24-14-7-4-8-15-24/h3,5-6,9-13,16,20H,4,7-8,14-15H2,1-2H3. The summed E-state index contributed by atoms with van der Waals surface area (Å²) in [5.74, 6) is -1.14. The van der Waals surface area contributed by atoms with Crippen LogP contribution in [0, 0.1) is 0 Å². The average Bonchev–Trinajstić information content (AvgIpc) is 2.78. The molecule has 0 N–H and O–H groups in total. The van der Waals surface area contributed by atoms with Crippen molar-refractivity contribution in [1.29, 1.82) is 0 Å². The first-order valence-corrected chi connectivity index (χ1v) is 11.3. The van der Waals surface area contributed by atoms with Crippen LogP contribution in [0.4, 0.5) is 0 Å². The fourth-order valence-electron chi connectivity index (χ4n) is 3.34. The van der Waals surface area contributed by atoms with Crippen molar-refractivity contribution in [2.75, 3.05) is 27.2 Å². The third-order valence-corrected chi connectivity index (χ3v) is 6.91. The summed E-state index contributed by atoms with van der Waals surface area (Å²) in [4.78, 5) is 26.8. The molecule has 0 aliphatic carbocycles. The van der Waals surface area contributed by atoms with Gasteiger partial charge in [0.05, 0.1) is 10.5 Å². The maximum absolute atomic E-state index is 12.9. The molecule has 0 aromatic heterocycles. The van der Waals surface area contributed by atoms with E-state index in [-0.39, 0.29) is 16.4 Å². The molecule has 0 spiro atoms. The Labute approximate surface area is 177 Å². The molecule has 30 heavy (non-hydrogen) atoms. The normalized spacial score (nSPS) is 15.9. The number of rotatable bonds is 6. The minimum atomic E-state index is -3.68. The van der Waals surface area contributed by atoms with E-state index in [4.69, 9.17) is 4.74 Å². The summed E-state index contributed by atoms with van der Waals surface area (Å²) in [6.07, 6.45) is 1.55. The fraction of sp³-hybridized carbons (Fsp3) is 0.364. The Kier molecular flexibility index (Phi) is 6.89. The van der Waals surface area contributed by atoms with E-state index in [9.17, 15) is 18.0 Å². The molecule has 7 nitrogen and oxygen atoms in total. The lowest BCUT2D eigenvalue weighted by atomic mass is 10.1. The van der Waals surface area contributed by atoms with Crippen LogP contribution in [0.15, 0.2) is 59.5 Å². The average molecular weight is 431 g/mol. The molecule has 1 aliphatic heterocycles. The van der Waals surface area contributed by atoms with Crippen LogP contribution in [-0.2, 0) is 19.6 Å². The van der Waals surface area contributed by atoms with E-state index in [1.807, 2.05) is 0 Å². The molecular formula is C22H26N2O5S. The highest BCUT2D eigenvalue weighted by molar-refractivity contribution is 7.89. The molecule has 1 amide bonds. The molecule has 1 aliphatic rings. The van der Waals surface area contributed by atoms with Gasteiger partial charge in [0.15, 0.2) is 0 Å². The van der Waals surface area contributed by atoms with E-state index in [0.29, 0.717) is 18.7 Å². The Morgan fingerprint density at radius 3 is 2.27 bits per heavy atom. The summed E-state index contributed by atoms with van der Waals surface area (Å²) >= 11 is 0. The summed E-state index contributed by atoms with van der Waals surface area (Å²) in [6.45, 7) is 0.953. The van der Waals surface area contributed by atoms with Gasteiger partial charge in [-0.25, -0.2) is 13.2 Å². The van der Waals surface area contributed by atoms with E-state index in [0.717, 1.165) is 19.3 Å². The lowest BCUT2D eigenvalue weighted by molar-refractivity contribution is -0.138. The van der Waals surface area contributed by atoms with Crippen LogP contribution in [0.2, 0.25) is 0 Å². The monoisotopic (exact) mass is 430 g/mol. The first-order valence-electron chi connectivity index (χ1n) is 9.88. The molecule has 2 aromatic carbocycles. The zero-order valence-corrected chi connectivity index (χ0v) is 18.0. The van der Waals surface area contributed by atoms with Gasteiger partial charge in [-0.1, -0.05) is 42.8 Å². The minimum Gasteiger partial charge on any atom is -0.444 e. The summed E-state index contributed by atoms with van der Waals surface area (Å²) in [7, 11) is -0.516. The molecule has 8 heteroatoms. The van der Waals surface area contributed by atoms with Gasteiger partial charge in [-0.15, -0.1) is 0 Å². The number of piperidine rings is 1. The van der Waals surface area contributed by atoms with Crippen molar-refractivity contribution in [2.45, 2.75) is 30.3 Å². The van der Waals surface area contributed by atoms with Gasteiger partial charge in [-0.05, 0) is 31.0 Å². The molecule has 1 heterocycles. The van der Waals surface area contributed by atoms with Crippen LogP contribution in [-0.4, -0.2) is 56.7 Å². The maximum atomic E-state index is 12.9. The Morgan fingerprint density at radius 2 is 1.63 bits per heavy atom. The molecule has 3 rings (SSSR count). The van der Waals surface area contributed by atoms with Gasteiger partial charge in [-0.2, -0.15) is 4.31 Å². The van der Waals surface area contributed by atoms with E-state index in [2.05, 4.69) is 0 Å². The van der Waals surface area contributed by atoms with E-state index >= 15 is 0 Å². The number of likely N-dealkylation sites (N-methyl/N-ethyl adjacent to an activating group) is 1. The van der Waals surface area contributed by atoms with Gasteiger partial charge in [0.2, 0.25) is 16.1 Å². The molecule has 0 saturated carbocycles. The van der Waals surface area contributed by atoms with E-state index in [1.165, 1.54) is 33.5 Å². The third-order valence-electron chi connectivity index (χ3n) is 5.01. The van der Waals surface area contributed by atoms with Crippen molar-refractivity contribution in [3.63, 3.8) is 0 Å². The van der Waals surface area contributed by atoms with Crippen molar-refractivity contribution < 1.29 is 22.7 Å². The summed E-state index contributed by atoms with van der Waals surface area (Å²) in [5, 5.41) is 0. The van der Waals surface area contributed by atoms with Gasteiger partial charge < -0.3 is 9.64 Å². The number of nitrogens with zero attached hydrogens (tertiary/aromatic N) is 2. The number of benzene rings is 2. The molecular weight excluding hydrogens is 404 g/mol. The quantitative estimate of drug-likeness (QED) is 0.658. The van der Waals surface area contributed by atoms with Crippen molar-refractivity contribution in [2.24, 2.45) is 0 Å². The lowest BCUT2D eigenvalue weighted by Gasteiger charge is -2.26. The number of hydrogen-bond acceptors (Lipinski definition) is 5. The van der Waals surface area contributed by atoms with Gasteiger partial charge in [-0.3, -0.25) is 4.79 Å². The second kappa shape index (κ2) is 9.40. The number of esters is 1. The van der Waals surface area contributed by atoms with Crippen molar-refractivity contribution in [3.05, 3.63) is 65.7 Å². The second-order valence-electron chi connectivity index (χ2n) is 7.42.